The van der Waals surface area contributed by atoms with E-state index in [9.17, 15) is 18.0 Å². The monoisotopic (exact) mass is 448 g/mol. The smallest absolute Gasteiger partial charge is 0.322 e. The van der Waals surface area contributed by atoms with Crippen LogP contribution in [-0.2, 0) is 6.54 Å². The predicted octanol–water partition coefficient (Wildman–Crippen LogP) is 4.98. The molecule has 31 heavy (non-hydrogen) atoms. The maximum atomic E-state index is 13.6. The first kappa shape index (κ1) is 21.7. The van der Waals surface area contributed by atoms with Crippen LogP contribution in [-0.4, -0.2) is 23.1 Å². The summed E-state index contributed by atoms with van der Waals surface area (Å²) in [7, 11) is 0. The number of hydrazine groups is 1. The molecule has 2 aliphatic rings. The highest BCUT2D eigenvalue weighted by Crippen LogP contribution is 2.40. The molecule has 5 nitrogen and oxygen atoms in total. The van der Waals surface area contributed by atoms with Crippen LogP contribution in [0.3, 0.4) is 0 Å². The predicted molar refractivity (Wildman–Crippen MR) is 115 cm³/mol. The van der Waals surface area contributed by atoms with Crippen LogP contribution < -0.4 is 15.9 Å². The number of halogens is 3. The fourth-order valence-electron chi connectivity index (χ4n) is 4.12. The number of allylic oxidation sites excluding steroid dienone is 1. The minimum atomic E-state index is -4.35. The first-order chi connectivity index (χ1) is 14.9. The summed E-state index contributed by atoms with van der Waals surface area (Å²) in [6.07, 6.45) is -1.67. The van der Waals surface area contributed by atoms with Crippen molar-refractivity contribution >= 4 is 23.5 Å². The van der Waals surface area contributed by atoms with E-state index in [1.807, 2.05) is 0 Å². The highest BCUT2D eigenvalue weighted by Gasteiger charge is 2.48. The zero-order chi connectivity index (χ0) is 22.0. The van der Waals surface area contributed by atoms with Crippen LogP contribution >= 0.6 is 11.9 Å². The van der Waals surface area contributed by atoms with Crippen molar-refractivity contribution in [3.63, 3.8) is 0 Å². The standard InChI is InChI=1S/C22H23F3N4OS/c23-22(24,25)20-18-7-3-4-8-19(18)29(28-20)13-14-5-1-2-6-17(14)21(30)27-15-9-11-16(31-26)12-10-15/h1-2,5-6,9-12,20,28H,3-4,7-8,13,26H2,(H,27,30). The number of rotatable bonds is 5. The number of nitrogens with zero attached hydrogens (tertiary/aromatic N) is 1. The molecule has 1 heterocycles. The van der Waals surface area contributed by atoms with Crippen LogP contribution in [0.2, 0.25) is 0 Å². The Morgan fingerprint density at radius 1 is 1.13 bits per heavy atom. The summed E-state index contributed by atoms with van der Waals surface area (Å²) in [6, 6.07) is 12.4. The number of hydrogen-bond acceptors (Lipinski definition) is 5. The van der Waals surface area contributed by atoms with Crippen molar-refractivity contribution in [3.05, 3.63) is 70.9 Å². The third-order valence-electron chi connectivity index (χ3n) is 5.61. The van der Waals surface area contributed by atoms with Gasteiger partial charge in [0.25, 0.3) is 5.91 Å². The van der Waals surface area contributed by atoms with E-state index in [2.05, 4.69) is 10.7 Å². The van der Waals surface area contributed by atoms with Gasteiger partial charge in [0.05, 0.1) is 6.54 Å². The largest absolute Gasteiger partial charge is 0.409 e. The summed E-state index contributed by atoms with van der Waals surface area (Å²) in [5.74, 6) is -0.312. The van der Waals surface area contributed by atoms with Crippen LogP contribution in [0.25, 0.3) is 0 Å². The summed E-state index contributed by atoms with van der Waals surface area (Å²) in [5.41, 5.74) is 5.47. The van der Waals surface area contributed by atoms with Crippen LogP contribution in [0.4, 0.5) is 18.9 Å². The third kappa shape index (κ3) is 4.73. The van der Waals surface area contributed by atoms with Gasteiger partial charge in [-0.15, -0.1) is 0 Å². The number of nitrogens with one attached hydrogen (secondary N) is 2. The molecule has 9 heteroatoms. The van der Waals surface area contributed by atoms with E-state index in [1.54, 1.807) is 53.5 Å². The van der Waals surface area contributed by atoms with Crippen molar-refractivity contribution in [2.24, 2.45) is 5.14 Å². The van der Waals surface area contributed by atoms with Gasteiger partial charge in [0, 0.05) is 21.8 Å². The zero-order valence-electron chi connectivity index (χ0n) is 16.7. The van der Waals surface area contributed by atoms with Crippen molar-refractivity contribution in [1.82, 2.24) is 10.4 Å². The molecule has 1 amide bonds. The molecular formula is C22H23F3N4OS. The molecule has 0 saturated heterocycles. The first-order valence-corrected chi connectivity index (χ1v) is 10.9. The normalized spacial score (nSPS) is 18.8. The fraction of sp³-hybridized carbons (Fsp3) is 0.318. The van der Waals surface area contributed by atoms with Crippen LogP contribution in [0, 0.1) is 0 Å². The van der Waals surface area contributed by atoms with E-state index in [-0.39, 0.29) is 12.5 Å². The molecule has 0 fully saturated rings. The number of amides is 1. The molecule has 0 radical (unpaired) electrons. The van der Waals surface area contributed by atoms with Crippen LogP contribution in [0.5, 0.6) is 0 Å². The molecule has 1 unspecified atom stereocenters. The Balaban J connectivity index is 1.54. The quantitative estimate of drug-likeness (QED) is 0.563. The summed E-state index contributed by atoms with van der Waals surface area (Å²) < 4.78 is 40.7. The lowest BCUT2D eigenvalue weighted by molar-refractivity contribution is -0.152. The summed E-state index contributed by atoms with van der Waals surface area (Å²) in [4.78, 5) is 13.8. The van der Waals surface area contributed by atoms with E-state index in [4.69, 9.17) is 5.14 Å². The number of nitrogens with two attached hydrogens (primary N) is 1. The Morgan fingerprint density at radius 2 is 1.84 bits per heavy atom. The maximum absolute atomic E-state index is 13.6. The molecule has 0 spiro atoms. The Bertz CT molecular complexity index is 991. The van der Waals surface area contributed by atoms with Crippen LogP contribution in [0.15, 0.2) is 64.7 Å². The summed E-state index contributed by atoms with van der Waals surface area (Å²) in [6.45, 7) is 0.178. The topological polar surface area (TPSA) is 70.4 Å². The minimum Gasteiger partial charge on any atom is -0.322 e. The zero-order valence-corrected chi connectivity index (χ0v) is 17.5. The Hall–Kier alpha value is -2.49. The molecule has 1 atom stereocenters. The second kappa shape index (κ2) is 8.94. The van der Waals surface area contributed by atoms with Gasteiger partial charge in [-0.1, -0.05) is 18.2 Å². The van der Waals surface area contributed by atoms with E-state index in [0.29, 0.717) is 40.9 Å². The number of carbonyl (C=O) groups excluding carboxylic acids is 1. The van der Waals surface area contributed by atoms with E-state index in [1.165, 1.54) is 0 Å². The van der Waals surface area contributed by atoms with Gasteiger partial charge in [-0.2, -0.15) is 13.2 Å². The summed E-state index contributed by atoms with van der Waals surface area (Å²) >= 11 is 1.11. The lowest BCUT2D eigenvalue weighted by atomic mass is 9.92. The molecular weight excluding hydrogens is 425 g/mol. The van der Waals surface area contributed by atoms with Crippen molar-refractivity contribution in [2.45, 2.75) is 49.3 Å². The lowest BCUT2D eigenvalue weighted by Crippen LogP contribution is -2.45. The number of alkyl halides is 3. The Morgan fingerprint density at radius 3 is 2.55 bits per heavy atom. The van der Waals surface area contributed by atoms with E-state index >= 15 is 0 Å². The van der Waals surface area contributed by atoms with Gasteiger partial charge in [-0.3, -0.25) is 9.93 Å². The number of benzene rings is 2. The minimum absolute atomic E-state index is 0.178. The van der Waals surface area contributed by atoms with Gasteiger partial charge in [0.15, 0.2) is 0 Å². The molecule has 2 aromatic carbocycles. The lowest BCUT2D eigenvalue weighted by Gasteiger charge is -2.26. The molecule has 4 rings (SSSR count). The van der Waals surface area contributed by atoms with Crippen LogP contribution in [0.1, 0.15) is 41.6 Å². The highest BCUT2D eigenvalue weighted by atomic mass is 32.2. The van der Waals surface area contributed by atoms with Gasteiger partial charge in [-0.25, -0.2) is 5.43 Å². The van der Waals surface area contributed by atoms with Gasteiger partial charge in [0.1, 0.15) is 6.04 Å². The second-order valence-corrected chi connectivity index (χ2v) is 8.33. The number of carbonyl (C=O) groups is 1. The van der Waals surface area contributed by atoms with Gasteiger partial charge < -0.3 is 10.3 Å². The average Bonchev–Trinajstić information content (AvgIpc) is 3.14. The van der Waals surface area contributed by atoms with E-state index < -0.39 is 12.2 Å². The average molecular weight is 449 g/mol. The van der Waals surface area contributed by atoms with E-state index in [0.717, 1.165) is 29.7 Å². The molecule has 1 aliphatic carbocycles. The Kier molecular flexibility index (Phi) is 6.27. The molecule has 164 valence electrons. The second-order valence-electron chi connectivity index (χ2n) is 7.62. The molecule has 4 N–H and O–H groups in total. The summed E-state index contributed by atoms with van der Waals surface area (Å²) in [5, 5.41) is 9.94. The fourth-order valence-corrected chi connectivity index (χ4v) is 4.41. The van der Waals surface area contributed by atoms with Gasteiger partial charge in [-0.05, 0) is 79.1 Å². The van der Waals surface area contributed by atoms with Crippen molar-refractivity contribution in [3.8, 4) is 0 Å². The Labute approximate surface area is 183 Å². The number of anilines is 1. The van der Waals surface area contributed by atoms with Gasteiger partial charge in [0.2, 0.25) is 0 Å². The van der Waals surface area contributed by atoms with Gasteiger partial charge >= 0.3 is 6.18 Å². The molecule has 0 aromatic heterocycles. The van der Waals surface area contributed by atoms with Crippen molar-refractivity contribution in [1.29, 1.82) is 0 Å². The third-order valence-corrected chi connectivity index (χ3v) is 6.15. The first-order valence-electron chi connectivity index (χ1n) is 10.0. The number of hydrogen-bond donors (Lipinski definition) is 3. The molecule has 1 aliphatic heterocycles. The van der Waals surface area contributed by atoms with Crippen molar-refractivity contribution < 1.29 is 18.0 Å². The van der Waals surface area contributed by atoms with Crippen molar-refractivity contribution in [2.75, 3.05) is 5.32 Å². The maximum Gasteiger partial charge on any atom is 0.409 e. The highest BCUT2D eigenvalue weighted by molar-refractivity contribution is 7.97. The molecule has 0 saturated carbocycles. The SMILES string of the molecule is NSc1ccc(NC(=O)c2ccccc2CN2NC(C(F)(F)F)C3=C2CCCC3)cc1. The molecule has 2 aromatic rings. The molecule has 0 bridgehead atoms.